The molecule has 1 amide bonds. The van der Waals surface area contributed by atoms with E-state index in [0.29, 0.717) is 12.3 Å². The van der Waals surface area contributed by atoms with E-state index < -0.39 is 0 Å². The van der Waals surface area contributed by atoms with E-state index in [9.17, 15) is 4.79 Å². The number of nitrogens with one attached hydrogen (secondary N) is 1. The predicted octanol–water partition coefficient (Wildman–Crippen LogP) is 1.55. The Hall–Kier alpha value is -1.00. The molecule has 0 unspecified atom stereocenters. The van der Waals surface area contributed by atoms with Gasteiger partial charge < -0.3 is 11.1 Å². The van der Waals surface area contributed by atoms with Crippen LogP contribution < -0.4 is 11.1 Å². The van der Waals surface area contributed by atoms with Gasteiger partial charge in [-0.1, -0.05) is 18.2 Å². The van der Waals surface area contributed by atoms with Crippen molar-refractivity contribution in [1.82, 2.24) is 5.32 Å². The monoisotopic (exact) mass is 238 g/mol. The van der Waals surface area contributed by atoms with Gasteiger partial charge in [0, 0.05) is 17.5 Å². The third-order valence-corrected chi connectivity index (χ3v) is 3.39. The molecule has 0 saturated carbocycles. The third kappa shape index (κ3) is 4.24. The van der Waals surface area contributed by atoms with Gasteiger partial charge in [0.25, 0.3) is 0 Å². The number of aryl methyl sites for hydroxylation is 1. The number of carbonyl (C=O) groups excluding carboxylic acids is 1. The maximum Gasteiger partial charge on any atom is 0.230 e. The Balaban J connectivity index is 2.40. The summed E-state index contributed by atoms with van der Waals surface area (Å²) in [6.07, 6.45) is 0. The molecule has 0 spiro atoms. The maximum absolute atomic E-state index is 11.5. The summed E-state index contributed by atoms with van der Waals surface area (Å²) in [5, 5.41) is 2.83. The average Bonchev–Trinajstić information content (AvgIpc) is 2.28. The first-order chi connectivity index (χ1) is 7.63. The van der Waals surface area contributed by atoms with Crippen LogP contribution in [0.1, 0.15) is 12.5 Å². The topological polar surface area (TPSA) is 55.1 Å². The second-order valence-electron chi connectivity index (χ2n) is 3.76. The van der Waals surface area contributed by atoms with Crippen LogP contribution in [0.4, 0.5) is 0 Å². The molecule has 0 bridgehead atoms. The molecule has 0 aliphatic heterocycles. The van der Waals surface area contributed by atoms with Crippen LogP contribution in [-0.4, -0.2) is 24.2 Å². The number of nitrogens with two attached hydrogens (primary N) is 1. The number of thioether (sulfide) groups is 1. The molecule has 88 valence electrons. The van der Waals surface area contributed by atoms with Gasteiger partial charge in [-0.2, -0.15) is 0 Å². The van der Waals surface area contributed by atoms with Crippen LogP contribution in [-0.2, 0) is 4.79 Å². The molecule has 0 aromatic heterocycles. The molecule has 0 aliphatic carbocycles. The average molecular weight is 238 g/mol. The summed E-state index contributed by atoms with van der Waals surface area (Å²) in [6.45, 7) is 4.42. The molecule has 4 heteroatoms. The minimum Gasteiger partial charge on any atom is -0.352 e. The Morgan fingerprint density at radius 3 is 2.81 bits per heavy atom. The molecule has 1 atom stereocenters. The van der Waals surface area contributed by atoms with Gasteiger partial charge in [0.2, 0.25) is 5.91 Å². The second kappa shape index (κ2) is 6.55. The van der Waals surface area contributed by atoms with Crippen LogP contribution in [0.5, 0.6) is 0 Å². The first-order valence-electron chi connectivity index (χ1n) is 5.31. The lowest BCUT2D eigenvalue weighted by atomic mass is 10.2. The summed E-state index contributed by atoms with van der Waals surface area (Å²) in [7, 11) is 0. The minimum absolute atomic E-state index is 0.0335. The van der Waals surface area contributed by atoms with Crippen LogP contribution >= 0.6 is 11.8 Å². The van der Waals surface area contributed by atoms with Crippen molar-refractivity contribution >= 4 is 17.7 Å². The molecule has 3 N–H and O–H groups in total. The highest BCUT2D eigenvalue weighted by Gasteiger charge is 2.06. The van der Waals surface area contributed by atoms with Crippen molar-refractivity contribution in [2.45, 2.75) is 24.8 Å². The highest BCUT2D eigenvalue weighted by molar-refractivity contribution is 8.00. The van der Waals surface area contributed by atoms with E-state index in [2.05, 4.69) is 5.32 Å². The molecular weight excluding hydrogens is 220 g/mol. The van der Waals surface area contributed by atoms with Crippen LogP contribution in [0.15, 0.2) is 29.2 Å². The lowest BCUT2D eigenvalue weighted by Crippen LogP contribution is -2.38. The van der Waals surface area contributed by atoms with E-state index >= 15 is 0 Å². The first-order valence-corrected chi connectivity index (χ1v) is 6.30. The fourth-order valence-electron chi connectivity index (χ4n) is 1.24. The zero-order valence-electron chi connectivity index (χ0n) is 9.69. The normalized spacial score (nSPS) is 12.2. The smallest absolute Gasteiger partial charge is 0.230 e. The van der Waals surface area contributed by atoms with E-state index in [1.54, 1.807) is 11.8 Å². The summed E-state index contributed by atoms with van der Waals surface area (Å²) in [5.74, 6) is 0.473. The number of amides is 1. The van der Waals surface area contributed by atoms with E-state index in [1.807, 2.05) is 38.1 Å². The summed E-state index contributed by atoms with van der Waals surface area (Å²) < 4.78 is 0. The molecular formula is C12H18N2OS. The lowest BCUT2D eigenvalue weighted by Gasteiger charge is -2.11. The SMILES string of the molecule is Cc1ccccc1SCC(=O)N[C@@H](C)CN. The van der Waals surface area contributed by atoms with Gasteiger partial charge in [-0.15, -0.1) is 11.8 Å². The Kier molecular flexibility index (Phi) is 5.35. The van der Waals surface area contributed by atoms with Crippen LogP contribution in [0.25, 0.3) is 0 Å². The Morgan fingerprint density at radius 1 is 1.50 bits per heavy atom. The number of rotatable bonds is 5. The molecule has 3 nitrogen and oxygen atoms in total. The highest BCUT2D eigenvalue weighted by Crippen LogP contribution is 2.21. The quantitative estimate of drug-likeness (QED) is 0.765. The number of hydrogen-bond donors (Lipinski definition) is 2. The number of benzene rings is 1. The number of carbonyl (C=O) groups is 1. The fraction of sp³-hybridized carbons (Fsp3) is 0.417. The van der Waals surface area contributed by atoms with Crippen molar-refractivity contribution in [2.24, 2.45) is 5.73 Å². The van der Waals surface area contributed by atoms with Gasteiger partial charge in [0.05, 0.1) is 5.75 Å². The summed E-state index contributed by atoms with van der Waals surface area (Å²) in [4.78, 5) is 12.7. The molecule has 0 fully saturated rings. The Labute approximate surface area is 101 Å². The largest absolute Gasteiger partial charge is 0.352 e. The van der Waals surface area contributed by atoms with Crippen LogP contribution in [0, 0.1) is 6.92 Å². The summed E-state index contributed by atoms with van der Waals surface area (Å²) in [6, 6.07) is 8.10. The molecule has 0 heterocycles. The van der Waals surface area contributed by atoms with E-state index in [-0.39, 0.29) is 11.9 Å². The van der Waals surface area contributed by atoms with Crippen molar-refractivity contribution < 1.29 is 4.79 Å². The van der Waals surface area contributed by atoms with Crippen molar-refractivity contribution in [1.29, 1.82) is 0 Å². The second-order valence-corrected chi connectivity index (χ2v) is 4.78. The van der Waals surface area contributed by atoms with E-state index in [4.69, 9.17) is 5.73 Å². The van der Waals surface area contributed by atoms with Gasteiger partial charge in [-0.3, -0.25) is 4.79 Å². The van der Waals surface area contributed by atoms with E-state index in [1.165, 1.54) is 5.56 Å². The molecule has 1 rings (SSSR count). The van der Waals surface area contributed by atoms with Gasteiger partial charge in [-0.25, -0.2) is 0 Å². The zero-order chi connectivity index (χ0) is 12.0. The van der Waals surface area contributed by atoms with Crippen molar-refractivity contribution in [2.75, 3.05) is 12.3 Å². The maximum atomic E-state index is 11.5. The van der Waals surface area contributed by atoms with E-state index in [0.717, 1.165) is 4.90 Å². The van der Waals surface area contributed by atoms with Crippen molar-refractivity contribution in [3.8, 4) is 0 Å². The molecule has 16 heavy (non-hydrogen) atoms. The molecule has 0 saturated heterocycles. The van der Waals surface area contributed by atoms with Crippen molar-refractivity contribution in [3.05, 3.63) is 29.8 Å². The van der Waals surface area contributed by atoms with Gasteiger partial charge in [0.1, 0.15) is 0 Å². The summed E-state index contributed by atoms with van der Waals surface area (Å²) >= 11 is 1.55. The number of hydrogen-bond acceptors (Lipinski definition) is 3. The summed E-state index contributed by atoms with van der Waals surface area (Å²) in [5.41, 5.74) is 6.63. The third-order valence-electron chi connectivity index (χ3n) is 2.21. The Bertz CT molecular complexity index is 355. The van der Waals surface area contributed by atoms with Crippen LogP contribution in [0.2, 0.25) is 0 Å². The highest BCUT2D eigenvalue weighted by atomic mass is 32.2. The van der Waals surface area contributed by atoms with Crippen molar-refractivity contribution in [3.63, 3.8) is 0 Å². The standard InChI is InChI=1S/C12H18N2OS/c1-9-5-3-4-6-11(9)16-8-12(15)14-10(2)7-13/h3-6,10H,7-8,13H2,1-2H3,(H,14,15)/t10-/m0/s1. The Morgan fingerprint density at radius 2 is 2.19 bits per heavy atom. The first kappa shape index (κ1) is 13.1. The van der Waals surface area contributed by atoms with Gasteiger partial charge in [-0.05, 0) is 25.5 Å². The fourth-order valence-corrected chi connectivity index (χ4v) is 2.08. The van der Waals surface area contributed by atoms with Crippen LogP contribution in [0.3, 0.4) is 0 Å². The van der Waals surface area contributed by atoms with Gasteiger partial charge >= 0.3 is 0 Å². The molecule has 1 aromatic carbocycles. The lowest BCUT2D eigenvalue weighted by molar-refractivity contribution is -0.119. The minimum atomic E-state index is 0.0335. The molecule has 0 aliphatic rings. The van der Waals surface area contributed by atoms with Gasteiger partial charge in [0.15, 0.2) is 0 Å². The predicted molar refractivity (Wildman–Crippen MR) is 68.6 cm³/mol. The molecule has 1 aromatic rings. The zero-order valence-corrected chi connectivity index (χ0v) is 10.5. The molecule has 0 radical (unpaired) electrons.